The lowest BCUT2D eigenvalue weighted by molar-refractivity contribution is -0.141. The van der Waals surface area contributed by atoms with Gasteiger partial charge in [0, 0.05) is 115 Å². The summed E-state index contributed by atoms with van der Waals surface area (Å²) >= 11 is 2.38. The zero-order valence-corrected chi connectivity index (χ0v) is 57.3. The second kappa shape index (κ2) is 28.1. The van der Waals surface area contributed by atoms with Gasteiger partial charge >= 0.3 is 17.9 Å². The molecule has 0 spiro atoms. The van der Waals surface area contributed by atoms with Gasteiger partial charge in [-0.25, -0.2) is 4.79 Å². The van der Waals surface area contributed by atoms with Crippen LogP contribution < -0.4 is 35.9 Å². The monoisotopic (exact) mass is 1370 g/mol. The Morgan fingerprint density at radius 1 is 0.562 bits per heavy atom. The molecule has 3 saturated carbocycles. The maximum Gasteiger partial charge on any atom is 0.327 e. The lowest BCUT2D eigenvalue weighted by Gasteiger charge is -2.52. The molecule has 25 nitrogen and oxygen atoms in total. The molecule has 96 heavy (non-hydrogen) atoms. The predicted octanol–water partition coefficient (Wildman–Crippen LogP) is 6.94. The molecule has 0 bridgehead atoms. The van der Waals surface area contributed by atoms with Crippen LogP contribution in [0.25, 0.3) is 0 Å². The summed E-state index contributed by atoms with van der Waals surface area (Å²) in [6.45, 7) is 16.4. The molecule has 9 rings (SSSR count). The number of ether oxygens (including phenoxy) is 3. The molecule has 3 amide bonds. The first-order valence-corrected chi connectivity index (χ1v) is 32.9. The number of amides is 3. The molecule has 0 aromatic heterocycles. The van der Waals surface area contributed by atoms with E-state index >= 15 is 0 Å². The highest BCUT2D eigenvalue weighted by molar-refractivity contribution is 8.00. The number of allylic oxidation sites excluding steroid dienone is 6. The number of ketones is 6. The summed E-state index contributed by atoms with van der Waals surface area (Å²) < 4.78 is 16.0. The Morgan fingerprint density at radius 2 is 0.958 bits per heavy atom. The van der Waals surface area contributed by atoms with E-state index in [0.717, 1.165) is 17.3 Å². The number of Topliss-reactive ketones (excluding diaryl/α,β-unsaturated/α-hetero) is 6. The second-order valence-electron chi connectivity index (χ2n) is 26.6. The highest BCUT2D eigenvalue weighted by atomic mass is 32.2. The van der Waals surface area contributed by atoms with Gasteiger partial charge in [-0.1, -0.05) is 20.8 Å². The number of aliphatic hydroxyl groups is 3. The summed E-state index contributed by atoms with van der Waals surface area (Å²) in [7, 11) is 4.56. The lowest BCUT2D eigenvalue weighted by Crippen LogP contribution is -2.55. The maximum absolute atomic E-state index is 13.4. The van der Waals surface area contributed by atoms with Gasteiger partial charge in [0.25, 0.3) is 0 Å². The Morgan fingerprint density at radius 3 is 1.35 bits per heavy atom. The number of carbonyl (C=O) groups is 12. The minimum absolute atomic E-state index is 0.000658. The zero-order chi connectivity index (χ0) is 71.9. The van der Waals surface area contributed by atoms with E-state index < -0.39 is 132 Å². The molecule has 3 aromatic rings. The number of carboxylic acid groups (broad SMARTS) is 3. The molecular formula is C69H82N4O21S2. The van der Waals surface area contributed by atoms with Gasteiger partial charge in [-0.05, 0) is 131 Å². The zero-order valence-electron chi connectivity index (χ0n) is 55.6. The standard InChI is InChI=1S/C28H35N3O10S.C23H27NO7S.C18H20O4/c1-27(2)18(32)10-19(28(3)15-9-13(41-4)5-6-14(15)22(36)23(37)24(27)28)42-12-17(25(38)30-11-21(34)35)31-20(33)8-7-16(29)26(39)40;1-11(25)24-15(21(29)30)10-32-17-9-16(26)22(2,3)20-19(28)18(27)13-7-6-12(31-5)8-14(13)23(17,20)4;1-17(2)13(19)7-8-18(3)12-9-10(22-4)5-6-11(12)14(20)15(21)16(17)18/h5-6,9,16-17,19,37H,7-8,10-12,29H2,1-4H3,(H,30,38)(H,31,33)(H,34,35)(H,39,40);6-8,15,17,28H,9-10H2,1-5H3,(H,24,25)(H,29,30);5-6,9,21H,7-8H2,1-4H3. The van der Waals surface area contributed by atoms with Crippen LogP contribution in [0.2, 0.25) is 0 Å². The number of hydrogen-bond acceptors (Lipinski definition) is 21. The number of nitrogens with one attached hydrogen (secondary N) is 3. The summed E-state index contributed by atoms with van der Waals surface area (Å²) in [5.74, 6) is -7.29. The van der Waals surface area contributed by atoms with Crippen molar-refractivity contribution >= 4 is 93.9 Å². The highest BCUT2D eigenvalue weighted by Crippen LogP contribution is 2.61. The van der Waals surface area contributed by atoms with Gasteiger partial charge in [-0.3, -0.25) is 52.7 Å². The molecule has 8 unspecified atom stereocenters. The van der Waals surface area contributed by atoms with Crippen molar-refractivity contribution in [3.8, 4) is 17.2 Å². The number of aliphatic hydroxyl groups excluding tert-OH is 3. The van der Waals surface area contributed by atoms with Crippen LogP contribution in [0.5, 0.6) is 17.2 Å². The van der Waals surface area contributed by atoms with Crippen molar-refractivity contribution in [1.29, 1.82) is 0 Å². The van der Waals surface area contributed by atoms with Crippen LogP contribution in [-0.4, -0.2) is 169 Å². The van der Waals surface area contributed by atoms with Crippen LogP contribution in [0.1, 0.15) is 156 Å². The van der Waals surface area contributed by atoms with Crippen LogP contribution in [0.3, 0.4) is 0 Å². The molecule has 27 heteroatoms. The van der Waals surface area contributed by atoms with E-state index in [9.17, 15) is 78.0 Å². The number of fused-ring (bicyclic) bond motifs is 9. The number of thioether (sulfide) groups is 2. The van der Waals surface area contributed by atoms with E-state index in [1.165, 1.54) is 32.9 Å². The molecule has 3 fully saturated rings. The summed E-state index contributed by atoms with van der Waals surface area (Å²) in [5, 5.41) is 66.1. The minimum Gasteiger partial charge on any atom is -0.504 e. The third kappa shape index (κ3) is 13.7. The largest absolute Gasteiger partial charge is 0.504 e. The number of nitrogens with two attached hydrogens (primary N) is 1. The Kier molecular flexibility index (Phi) is 21.8. The van der Waals surface area contributed by atoms with E-state index in [1.807, 2.05) is 19.9 Å². The number of benzene rings is 3. The molecule has 8 atom stereocenters. The van der Waals surface area contributed by atoms with Gasteiger partial charge in [0.1, 0.15) is 59.3 Å². The van der Waals surface area contributed by atoms with Gasteiger partial charge in [0.05, 0.1) is 21.3 Å². The van der Waals surface area contributed by atoms with Crippen molar-refractivity contribution in [3.05, 3.63) is 122 Å². The van der Waals surface area contributed by atoms with Gasteiger partial charge < -0.3 is 66.5 Å². The first-order valence-electron chi connectivity index (χ1n) is 30.8. The average Bonchev–Trinajstić information content (AvgIpc) is 0.715. The molecule has 6 aliphatic rings. The number of rotatable bonds is 19. The molecule has 3 aromatic carbocycles. The molecule has 0 heterocycles. The molecule has 0 saturated heterocycles. The van der Waals surface area contributed by atoms with E-state index in [4.69, 9.17) is 30.2 Å². The third-order valence-electron chi connectivity index (χ3n) is 19.6. The highest BCUT2D eigenvalue weighted by Gasteiger charge is 2.61. The molecule has 0 radical (unpaired) electrons. The third-order valence-corrected chi connectivity index (χ3v) is 22.7. The quantitative estimate of drug-likeness (QED) is 0.0580. The minimum atomic E-state index is -1.30. The smallest absolute Gasteiger partial charge is 0.327 e. The maximum atomic E-state index is 13.4. The summed E-state index contributed by atoms with van der Waals surface area (Å²) in [4.78, 5) is 148. The predicted molar refractivity (Wildman–Crippen MR) is 353 cm³/mol. The van der Waals surface area contributed by atoms with Crippen LogP contribution in [0.15, 0.2) is 88.6 Å². The van der Waals surface area contributed by atoms with Crippen molar-refractivity contribution < 1.29 is 102 Å². The number of aliphatic carboxylic acids is 3. The summed E-state index contributed by atoms with van der Waals surface area (Å²) in [6, 6.07) is 11.4. The van der Waals surface area contributed by atoms with Gasteiger partial charge in [0.2, 0.25) is 35.1 Å². The van der Waals surface area contributed by atoms with Gasteiger partial charge in [0.15, 0.2) is 17.3 Å². The Labute approximate surface area is 562 Å². The molecule has 0 aliphatic heterocycles. The summed E-state index contributed by atoms with van der Waals surface area (Å²) in [5.41, 5.74) is 3.98. The first-order chi connectivity index (χ1) is 44.6. The van der Waals surface area contributed by atoms with Crippen molar-refractivity contribution in [2.75, 3.05) is 39.4 Å². The fourth-order valence-electron chi connectivity index (χ4n) is 14.3. The van der Waals surface area contributed by atoms with Crippen molar-refractivity contribution in [1.82, 2.24) is 16.0 Å². The SMILES string of the molecule is COc1ccc2c(c1)C1(C)C(=C(O)C2=O)C(C)(C)C(=O)CC1SCC(NC(=O)CCC(N)C(=O)O)C(=O)NCC(=O)O.COc1ccc2c(c1)C1(C)C(=C(O)C2=O)C(C)(C)C(=O)CC1SCC(NC(C)=O)C(=O)O.COc1ccc2c(c1)C1(C)CCC(=O)C(C)(C)C1=C(O)C2=O. The number of hydrogen-bond donors (Lipinski definition) is 10. The van der Waals surface area contributed by atoms with E-state index in [1.54, 1.807) is 104 Å². The number of carboxylic acids is 3. The Hall–Kier alpha value is -8.82. The summed E-state index contributed by atoms with van der Waals surface area (Å²) in [6.07, 6.45) is 0.642. The molecule has 6 aliphatic carbocycles. The first kappa shape index (κ1) is 74.6. The van der Waals surface area contributed by atoms with Crippen molar-refractivity contribution in [2.24, 2.45) is 22.0 Å². The molecule has 11 N–H and O–H groups in total. The van der Waals surface area contributed by atoms with Crippen molar-refractivity contribution in [3.63, 3.8) is 0 Å². The van der Waals surface area contributed by atoms with Crippen molar-refractivity contribution in [2.45, 2.75) is 153 Å². The number of carbonyl (C=O) groups excluding carboxylic acids is 9. The Balaban J connectivity index is 0.000000213. The van der Waals surface area contributed by atoms with Crippen LogP contribution >= 0.6 is 23.5 Å². The number of methoxy groups -OCH3 is 3. The molecule has 516 valence electrons. The van der Waals surface area contributed by atoms with E-state index in [0.29, 0.717) is 63.5 Å². The fourth-order valence-corrected chi connectivity index (χ4v) is 17.3. The fraction of sp³-hybridized carbons (Fsp3) is 0.478. The van der Waals surface area contributed by atoms with Gasteiger partial charge in [-0.2, -0.15) is 23.5 Å². The normalized spacial score (nSPS) is 24.2. The van der Waals surface area contributed by atoms with Gasteiger partial charge in [-0.15, -0.1) is 0 Å². The average molecular weight is 1370 g/mol. The topological polar surface area (TPSA) is 416 Å². The van der Waals surface area contributed by atoms with Crippen LogP contribution in [0.4, 0.5) is 0 Å². The second-order valence-corrected chi connectivity index (χ2v) is 29.1. The Bertz CT molecular complexity index is 3900. The molecular weight excluding hydrogens is 1280 g/mol. The van der Waals surface area contributed by atoms with E-state index in [2.05, 4.69) is 16.0 Å². The lowest BCUT2D eigenvalue weighted by atomic mass is 9.54. The van der Waals surface area contributed by atoms with Crippen LogP contribution in [0, 0.1) is 16.2 Å². The van der Waals surface area contributed by atoms with Crippen LogP contribution in [-0.2, 0) is 59.4 Å². The van der Waals surface area contributed by atoms with E-state index in [-0.39, 0.29) is 71.4 Å².